The summed E-state index contributed by atoms with van der Waals surface area (Å²) in [6.07, 6.45) is 4.26. The minimum absolute atomic E-state index is 0.173. The molecule has 0 bridgehead atoms. The van der Waals surface area contributed by atoms with Crippen molar-refractivity contribution in [2.24, 2.45) is 0 Å². The number of anilines is 2. The van der Waals surface area contributed by atoms with Crippen LogP contribution in [0.15, 0.2) is 60.2 Å². The summed E-state index contributed by atoms with van der Waals surface area (Å²) >= 11 is 0. The lowest BCUT2D eigenvalue weighted by atomic mass is 10.0. The standard InChI is InChI=1S/C23H27N3O/c1-24-13-15-25(16-14-24)22-10-6-5-7-19(22)17-20-11-12-26(23(20)18-27)21-8-3-2-4-9-21/h2-10,17-18,23H,11-16H2,1H3. The highest BCUT2D eigenvalue weighted by Gasteiger charge is 2.29. The monoisotopic (exact) mass is 361 g/mol. The lowest BCUT2D eigenvalue weighted by Gasteiger charge is -2.35. The van der Waals surface area contributed by atoms with E-state index in [4.69, 9.17) is 0 Å². The Morgan fingerprint density at radius 3 is 2.33 bits per heavy atom. The van der Waals surface area contributed by atoms with E-state index in [1.54, 1.807) is 0 Å². The summed E-state index contributed by atoms with van der Waals surface area (Å²) in [6.45, 7) is 5.15. The molecule has 140 valence electrons. The first-order valence-corrected chi connectivity index (χ1v) is 9.76. The van der Waals surface area contributed by atoms with Crippen molar-refractivity contribution in [1.82, 2.24) is 4.90 Å². The van der Waals surface area contributed by atoms with Gasteiger partial charge in [0.25, 0.3) is 0 Å². The molecule has 1 unspecified atom stereocenters. The van der Waals surface area contributed by atoms with Crippen LogP contribution in [0, 0.1) is 0 Å². The molecule has 0 aliphatic carbocycles. The van der Waals surface area contributed by atoms with Crippen molar-refractivity contribution in [3.05, 3.63) is 65.7 Å². The molecule has 0 N–H and O–H groups in total. The lowest BCUT2D eigenvalue weighted by Crippen LogP contribution is -2.44. The third-order valence-corrected chi connectivity index (χ3v) is 5.70. The predicted molar refractivity (Wildman–Crippen MR) is 112 cm³/mol. The van der Waals surface area contributed by atoms with Gasteiger partial charge in [0.05, 0.1) is 0 Å². The molecule has 2 aromatic rings. The molecule has 27 heavy (non-hydrogen) atoms. The van der Waals surface area contributed by atoms with Gasteiger partial charge in [0.1, 0.15) is 12.3 Å². The summed E-state index contributed by atoms with van der Waals surface area (Å²) in [5, 5.41) is 0. The van der Waals surface area contributed by atoms with E-state index in [-0.39, 0.29) is 6.04 Å². The molecule has 1 atom stereocenters. The molecule has 2 saturated heterocycles. The van der Waals surface area contributed by atoms with Gasteiger partial charge < -0.3 is 19.5 Å². The summed E-state index contributed by atoms with van der Waals surface area (Å²) in [5.74, 6) is 0. The molecule has 4 rings (SSSR count). The minimum atomic E-state index is -0.173. The maximum atomic E-state index is 11.9. The van der Waals surface area contributed by atoms with Crippen molar-refractivity contribution < 1.29 is 4.79 Å². The van der Waals surface area contributed by atoms with Crippen molar-refractivity contribution in [1.29, 1.82) is 0 Å². The van der Waals surface area contributed by atoms with E-state index in [0.717, 1.165) is 51.1 Å². The van der Waals surface area contributed by atoms with Crippen LogP contribution in [0.5, 0.6) is 0 Å². The number of carbonyl (C=O) groups is 1. The summed E-state index contributed by atoms with van der Waals surface area (Å²) in [4.78, 5) is 19.0. The van der Waals surface area contributed by atoms with Crippen LogP contribution in [0.2, 0.25) is 0 Å². The van der Waals surface area contributed by atoms with Crippen LogP contribution in [0.3, 0.4) is 0 Å². The fraction of sp³-hybridized carbons (Fsp3) is 0.348. The van der Waals surface area contributed by atoms with Crippen LogP contribution in [0.1, 0.15) is 12.0 Å². The Balaban J connectivity index is 1.61. The highest BCUT2D eigenvalue weighted by molar-refractivity contribution is 5.79. The smallest absolute Gasteiger partial charge is 0.146 e. The molecule has 2 aromatic carbocycles. The molecule has 2 aliphatic rings. The third-order valence-electron chi connectivity index (χ3n) is 5.70. The zero-order chi connectivity index (χ0) is 18.6. The Kier molecular flexibility index (Phi) is 5.26. The Bertz CT molecular complexity index is 809. The normalized spacial score (nSPS) is 22.4. The van der Waals surface area contributed by atoms with Gasteiger partial charge in [0.2, 0.25) is 0 Å². The first kappa shape index (κ1) is 17.8. The van der Waals surface area contributed by atoms with E-state index < -0.39 is 0 Å². The van der Waals surface area contributed by atoms with Gasteiger partial charge >= 0.3 is 0 Å². The van der Waals surface area contributed by atoms with Crippen molar-refractivity contribution in [2.45, 2.75) is 12.5 Å². The van der Waals surface area contributed by atoms with Gasteiger partial charge in [-0.2, -0.15) is 0 Å². The van der Waals surface area contributed by atoms with E-state index in [2.05, 4.69) is 64.2 Å². The topological polar surface area (TPSA) is 26.8 Å². The number of hydrogen-bond acceptors (Lipinski definition) is 4. The SMILES string of the molecule is CN1CCN(c2ccccc2C=C2CCN(c3ccccc3)C2C=O)CC1. The third kappa shape index (κ3) is 3.76. The fourth-order valence-corrected chi connectivity index (χ4v) is 4.11. The second kappa shape index (κ2) is 7.97. The van der Waals surface area contributed by atoms with Crippen LogP contribution < -0.4 is 9.80 Å². The van der Waals surface area contributed by atoms with Crippen LogP contribution in [0.25, 0.3) is 6.08 Å². The van der Waals surface area contributed by atoms with Crippen LogP contribution in [-0.4, -0.2) is 57.0 Å². The van der Waals surface area contributed by atoms with E-state index in [0.29, 0.717) is 0 Å². The number of piperazine rings is 1. The van der Waals surface area contributed by atoms with Gasteiger partial charge in [-0.3, -0.25) is 0 Å². The maximum absolute atomic E-state index is 11.9. The van der Waals surface area contributed by atoms with E-state index in [1.165, 1.54) is 16.8 Å². The number of rotatable bonds is 4. The first-order chi connectivity index (χ1) is 13.3. The molecule has 0 saturated carbocycles. The number of hydrogen-bond donors (Lipinski definition) is 0. The lowest BCUT2D eigenvalue weighted by molar-refractivity contribution is -0.108. The number of likely N-dealkylation sites (N-methyl/N-ethyl adjacent to an activating group) is 1. The Morgan fingerprint density at radius 1 is 0.889 bits per heavy atom. The molecule has 0 amide bonds. The van der Waals surface area contributed by atoms with Crippen LogP contribution >= 0.6 is 0 Å². The van der Waals surface area contributed by atoms with Gasteiger partial charge in [0.15, 0.2) is 0 Å². The molecular formula is C23H27N3O. The largest absolute Gasteiger partial charge is 0.368 e. The van der Waals surface area contributed by atoms with Crippen LogP contribution in [-0.2, 0) is 4.79 Å². The summed E-state index contributed by atoms with van der Waals surface area (Å²) < 4.78 is 0. The molecule has 2 aliphatic heterocycles. The fourth-order valence-electron chi connectivity index (χ4n) is 4.11. The number of aldehydes is 1. The number of carbonyl (C=O) groups excluding carboxylic acids is 1. The van der Waals surface area contributed by atoms with E-state index in [1.807, 2.05) is 18.2 Å². The molecular weight excluding hydrogens is 334 g/mol. The molecule has 0 radical (unpaired) electrons. The quantitative estimate of drug-likeness (QED) is 0.781. The van der Waals surface area contributed by atoms with Crippen molar-refractivity contribution in [3.63, 3.8) is 0 Å². The average molecular weight is 361 g/mol. The minimum Gasteiger partial charge on any atom is -0.368 e. The summed E-state index contributed by atoms with van der Waals surface area (Å²) in [6, 6.07) is 18.6. The van der Waals surface area contributed by atoms with E-state index in [9.17, 15) is 4.79 Å². The molecule has 2 fully saturated rings. The molecule has 4 heteroatoms. The summed E-state index contributed by atoms with van der Waals surface area (Å²) in [7, 11) is 2.18. The zero-order valence-corrected chi connectivity index (χ0v) is 15.9. The van der Waals surface area contributed by atoms with Gasteiger partial charge in [0, 0.05) is 44.1 Å². The average Bonchev–Trinajstić information content (AvgIpc) is 3.12. The van der Waals surface area contributed by atoms with Crippen LogP contribution in [0.4, 0.5) is 11.4 Å². The molecule has 2 heterocycles. The first-order valence-electron chi connectivity index (χ1n) is 9.76. The predicted octanol–water partition coefficient (Wildman–Crippen LogP) is 3.30. The highest BCUT2D eigenvalue weighted by Crippen LogP contribution is 2.32. The zero-order valence-electron chi connectivity index (χ0n) is 15.9. The van der Waals surface area contributed by atoms with Gasteiger partial charge in [-0.1, -0.05) is 42.5 Å². The Morgan fingerprint density at radius 2 is 1.59 bits per heavy atom. The van der Waals surface area contributed by atoms with Crippen molar-refractivity contribution >= 4 is 23.7 Å². The number of benzene rings is 2. The second-order valence-electron chi connectivity index (χ2n) is 7.43. The number of para-hydroxylation sites is 2. The molecule has 0 spiro atoms. The number of nitrogens with zero attached hydrogens (tertiary/aromatic N) is 3. The second-order valence-corrected chi connectivity index (χ2v) is 7.43. The Labute approximate surface area is 161 Å². The van der Waals surface area contributed by atoms with Gasteiger partial charge in [-0.15, -0.1) is 0 Å². The molecule has 4 nitrogen and oxygen atoms in total. The Hall–Kier alpha value is -2.59. The van der Waals surface area contributed by atoms with E-state index >= 15 is 0 Å². The van der Waals surface area contributed by atoms with Crippen molar-refractivity contribution in [3.8, 4) is 0 Å². The van der Waals surface area contributed by atoms with Crippen molar-refractivity contribution in [2.75, 3.05) is 49.6 Å². The van der Waals surface area contributed by atoms with Gasteiger partial charge in [-0.25, -0.2) is 0 Å². The maximum Gasteiger partial charge on any atom is 0.146 e. The highest BCUT2D eigenvalue weighted by atomic mass is 16.1. The summed E-state index contributed by atoms with van der Waals surface area (Å²) in [5.41, 5.74) is 4.82. The van der Waals surface area contributed by atoms with Gasteiger partial charge in [-0.05, 0) is 42.8 Å². The molecule has 0 aromatic heterocycles.